The molecule has 0 radical (unpaired) electrons. The first-order chi connectivity index (χ1) is 6.91. The second-order valence-electron chi connectivity index (χ2n) is 2.70. The molecule has 0 aromatic rings. The van der Waals surface area contributed by atoms with Crippen molar-refractivity contribution in [1.82, 2.24) is 0 Å². The molecule has 0 heterocycles. The van der Waals surface area contributed by atoms with Crippen LogP contribution in [0.3, 0.4) is 0 Å². The fourth-order valence-corrected chi connectivity index (χ4v) is 7.54. The Kier molecular flexibility index (Phi) is 13.3. The third-order valence-electron chi connectivity index (χ3n) is 1.50. The Bertz CT molecular complexity index is 198. The predicted molar refractivity (Wildman–Crippen MR) is 66.5 cm³/mol. The van der Waals surface area contributed by atoms with Gasteiger partial charge in [-0.05, 0) is 0 Å². The van der Waals surface area contributed by atoms with Gasteiger partial charge >= 0.3 is 100 Å². The van der Waals surface area contributed by atoms with E-state index >= 15 is 0 Å². The molecule has 0 unspecified atom stereocenters. The molecule has 0 saturated heterocycles. The number of hydrogen-bond acceptors (Lipinski definition) is 0. The van der Waals surface area contributed by atoms with Crippen molar-refractivity contribution in [2.75, 3.05) is 0 Å². The fraction of sp³-hybridized carbons (Fsp3) is 0.667. The number of hydrogen-bond donors (Lipinski definition) is 0. The molecule has 0 aliphatic heterocycles. The van der Waals surface area contributed by atoms with Gasteiger partial charge in [0, 0.05) is 0 Å². The molecule has 0 saturated carbocycles. The Morgan fingerprint density at radius 1 is 0.786 bits per heavy atom. The molecule has 0 rings (SSSR count). The molecule has 0 aliphatic carbocycles. The third kappa shape index (κ3) is 12.2. The van der Waals surface area contributed by atoms with Crippen LogP contribution >= 0.6 is 0 Å². The van der Waals surface area contributed by atoms with Gasteiger partial charge in [-0.1, -0.05) is 0 Å². The van der Waals surface area contributed by atoms with Crippen LogP contribution in [0.25, 0.3) is 0 Å². The molecular formula is C12H18Se2. The summed E-state index contributed by atoms with van der Waals surface area (Å²) in [7, 11) is 0. The molecule has 0 bridgehead atoms. The van der Waals surface area contributed by atoms with E-state index in [4.69, 9.17) is 0 Å². The quantitative estimate of drug-likeness (QED) is 0.384. The molecule has 0 N–H and O–H groups in total. The summed E-state index contributed by atoms with van der Waals surface area (Å²) in [6.45, 7) is 3.84. The van der Waals surface area contributed by atoms with Gasteiger partial charge in [-0.15, -0.1) is 0 Å². The molecule has 0 aromatic carbocycles. The standard InChI is InChI=1S/C12H18Se2/c1-3-5-7-9-11-13-14-12-10-8-6-4-2/h7-12H2,1-2H3. The monoisotopic (exact) mass is 322 g/mol. The summed E-state index contributed by atoms with van der Waals surface area (Å²) in [6, 6.07) is 0. The van der Waals surface area contributed by atoms with Gasteiger partial charge in [0.05, 0.1) is 0 Å². The molecule has 0 nitrogen and oxygen atoms in total. The van der Waals surface area contributed by atoms with Crippen LogP contribution in [0, 0.1) is 23.7 Å². The molecule has 0 spiro atoms. The van der Waals surface area contributed by atoms with E-state index in [1.165, 1.54) is 23.5 Å². The summed E-state index contributed by atoms with van der Waals surface area (Å²) in [5.74, 6) is 12.1. The van der Waals surface area contributed by atoms with Crippen molar-refractivity contribution in [3.63, 3.8) is 0 Å². The van der Waals surface area contributed by atoms with Gasteiger partial charge in [-0.25, -0.2) is 0 Å². The van der Waals surface area contributed by atoms with Gasteiger partial charge in [0.15, 0.2) is 0 Å². The zero-order valence-electron chi connectivity index (χ0n) is 9.06. The van der Waals surface area contributed by atoms with Crippen molar-refractivity contribution in [2.45, 2.75) is 50.2 Å². The molecule has 0 aromatic heterocycles. The maximum atomic E-state index is 3.12. The van der Waals surface area contributed by atoms with Gasteiger partial charge < -0.3 is 0 Å². The van der Waals surface area contributed by atoms with Gasteiger partial charge in [0.1, 0.15) is 0 Å². The van der Waals surface area contributed by atoms with Crippen LogP contribution in [-0.4, -0.2) is 26.3 Å². The topological polar surface area (TPSA) is 0 Å². The molecular weight excluding hydrogens is 302 g/mol. The van der Waals surface area contributed by atoms with Gasteiger partial charge in [0.25, 0.3) is 0 Å². The van der Waals surface area contributed by atoms with E-state index in [0.29, 0.717) is 0 Å². The first-order valence-electron chi connectivity index (χ1n) is 4.95. The van der Waals surface area contributed by atoms with Crippen LogP contribution < -0.4 is 0 Å². The van der Waals surface area contributed by atoms with Crippen molar-refractivity contribution in [2.24, 2.45) is 0 Å². The average molecular weight is 320 g/mol. The second-order valence-corrected chi connectivity index (χ2v) is 10.5. The van der Waals surface area contributed by atoms with E-state index in [9.17, 15) is 0 Å². The normalized spacial score (nSPS) is 8.43. The first kappa shape index (κ1) is 14.2. The summed E-state index contributed by atoms with van der Waals surface area (Å²) >= 11 is 1.84. The predicted octanol–water partition coefficient (Wildman–Crippen LogP) is 2.75. The first-order valence-corrected chi connectivity index (χ1v) is 11.7. The van der Waals surface area contributed by atoms with Gasteiger partial charge in [-0.2, -0.15) is 0 Å². The Morgan fingerprint density at radius 3 is 1.57 bits per heavy atom. The minimum absolute atomic E-state index is 0.919. The van der Waals surface area contributed by atoms with E-state index in [2.05, 4.69) is 23.7 Å². The summed E-state index contributed by atoms with van der Waals surface area (Å²) in [5.41, 5.74) is 0. The van der Waals surface area contributed by atoms with Crippen LogP contribution in [0.1, 0.15) is 39.5 Å². The summed E-state index contributed by atoms with van der Waals surface area (Å²) in [5, 5.41) is 2.86. The summed E-state index contributed by atoms with van der Waals surface area (Å²) in [6.07, 6.45) is 4.85. The third-order valence-corrected chi connectivity index (χ3v) is 9.21. The summed E-state index contributed by atoms with van der Waals surface area (Å²) < 4.78 is 0. The zero-order valence-corrected chi connectivity index (χ0v) is 12.5. The Hall–Kier alpha value is 0.159. The van der Waals surface area contributed by atoms with E-state index < -0.39 is 0 Å². The van der Waals surface area contributed by atoms with Crippen LogP contribution in [0.4, 0.5) is 0 Å². The summed E-state index contributed by atoms with van der Waals surface area (Å²) in [4.78, 5) is 0. The van der Waals surface area contributed by atoms with E-state index in [1.54, 1.807) is 0 Å². The average Bonchev–Trinajstić information content (AvgIpc) is 2.21. The minimum atomic E-state index is 0.919. The van der Waals surface area contributed by atoms with Crippen LogP contribution in [-0.2, 0) is 0 Å². The Labute approximate surface area is 99.9 Å². The second kappa shape index (κ2) is 13.2. The zero-order chi connectivity index (χ0) is 10.5. The number of rotatable bonds is 7. The molecule has 0 atom stereocenters. The molecule has 2 heteroatoms. The van der Waals surface area contributed by atoms with Crippen LogP contribution in [0.5, 0.6) is 0 Å². The Balaban J connectivity index is 2.96. The number of unbranched alkanes of at least 4 members (excludes halogenated alkanes) is 2. The van der Waals surface area contributed by atoms with Gasteiger partial charge in [0.2, 0.25) is 0 Å². The van der Waals surface area contributed by atoms with E-state index in [-0.39, 0.29) is 0 Å². The van der Waals surface area contributed by atoms with Crippen molar-refractivity contribution >= 4 is 26.3 Å². The van der Waals surface area contributed by atoms with Crippen LogP contribution in [0.15, 0.2) is 0 Å². The molecule has 0 aliphatic rings. The fourth-order valence-electron chi connectivity index (χ4n) is 0.807. The molecule has 78 valence electrons. The molecule has 0 fully saturated rings. The molecule has 14 heavy (non-hydrogen) atoms. The van der Waals surface area contributed by atoms with E-state index in [1.807, 2.05) is 13.8 Å². The van der Waals surface area contributed by atoms with Gasteiger partial charge in [-0.3, -0.25) is 0 Å². The van der Waals surface area contributed by atoms with Crippen molar-refractivity contribution < 1.29 is 0 Å². The van der Waals surface area contributed by atoms with Crippen molar-refractivity contribution in [3.8, 4) is 23.7 Å². The van der Waals surface area contributed by atoms with E-state index in [0.717, 1.165) is 39.1 Å². The maximum absolute atomic E-state index is 3.12. The Morgan fingerprint density at radius 2 is 1.21 bits per heavy atom. The van der Waals surface area contributed by atoms with Crippen molar-refractivity contribution in [1.29, 1.82) is 0 Å². The van der Waals surface area contributed by atoms with Crippen LogP contribution in [0.2, 0.25) is 10.6 Å². The SMILES string of the molecule is CC#CCCC[Se][Se]CCCC#CC. The van der Waals surface area contributed by atoms with Crippen molar-refractivity contribution in [3.05, 3.63) is 0 Å². The molecule has 0 amide bonds.